The fourth-order valence-corrected chi connectivity index (χ4v) is 4.58. The van der Waals surface area contributed by atoms with Crippen LogP contribution < -0.4 is 0 Å². The first-order valence-corrected chi connectivity index (χ1v) is 14.2. The van der Waals surface area contributed by atoms with Crippen LogP contribution in [0.1, 0.15) is 41.4 Å². The highest BCUT2D eigenvalue weighted by molar-refractivity contribution is 5.93. The van der Waals surface area contributed by atoms with E-state index in [0.717, 1.165) is 72.8 Å². The monoisotopic (exact) mass is 694 g/mol. The van der Waals surface area contributed by atoms with Crippen molar-refractivity contribution in [2.45, 2.75) is 24.6 Å². The molecule has 1 saturated heterocycles. The topological polar surface area (TPSA) is 276 Å². The maximum Gasteiger partial charge on any atom is 0.340 e. The lowest BCUT2D eigenvalue weighted by Gasteiger charge is -2.40. The quantitative estimate of drug-likeness (QED) is 0.0747. The van der Waals surface area contributed by atoms with Gasteiger partial charge in [-0.2, -0.15) is 0 Å². The van der Waals surface area contributed by atoms with E-state index in [2.05, 4.69) is 0 Å². The molecule has 1 heterocycles. The van der Waals surface area contributed by atoms with E-state index in [1.165, 1.54) is 0 Å². The van der Waals surface area contributed by atoms with E-state index in [4.69, 9.17) is 23.7 Å². The van der Waals surface area contributed by atoms with Gasteiger partial charge in [-0.1, -0.05) is 0 Å². The number of aromatic hydroxyl groups is 8. The van der Waals surface area contributed by atoms with Crippen molar-refractivity contribution in [1.29, 1.82) is 0 Å². The van der Waals surface area contributed by atoms with Gasteiger partial charge in [0.05, 0.1) is 28.9 Å². The molecule has 0 radical (unpaired) electrons. The van der Waals surface area contributed by atoms with Crippen molar-refractivity contribution in [3.8, 4) is 46.0 Å². The molecular weight excluding hydrogens is 668 g/mol. The predicted octanol–water partition coefficient (Wildman–Crippen LogP) is 2.52. The molecule has 4 atom stereocenters. The van der Waals surface area contributed by atoms with E-state index in [1.54, 1.807) is 0 Å². The summed E-state index contributed by atoms with van der Waals surface area (Å²) in [6.45, 7) is -0.693. The van der Waals surface area contributed by atoms with Crippen LogP contribution in [0.25, 0.3) is 0 Å². The molecule has 1 aliphatic heterocycles. The van der Waals surface area contributed by atoms with Crippen LogP contribution in [0.2, 0.25) is 0 Å². The second-order valence-electron chi connectivity index (χ2n) is 10.6. The highest BCUT2D eigenvalue weighted by Crippen LogP contribution is 2.33. The number of ether oxygens (including phenoxy) is 5. The minimum Gasteiger partial charge on any atom is -0.504 e. The van der Waals surface area contributed by atoms with Gasteiger partial charge in [0.1, 0.15) is 0 Å². The van der Waals surface area contributed by atoms with Gasteiger partial charge in [-0.25, -0.2) is 19.2 Å². The first kappa shape index (κ1) is 34.5. The molecule has 0 bridgehead atoms. The highest BCUT2D eigenvalue weighted by atomic mass is 16.7. The molecule has 0 amide bonds. The Bertz CT molecular complexity index is 1830. The molecule has 4 aromatic carbocycles. The molecule has 0 spiro atoms. The van der Waals surface area contributed by atoms with E-state index in [1.807, 2.05) is 0 Å². The molecule has 5 rings (SSSR count). The van der Waals surface area contributed by atoms with Crippen LogP contribution in [0, 0.1) is 0 Å². The van der Waals surface area contributed by atoms with Gasteiger partial charge in [-0.3, -0.25) is 0 Å². The lowest BCUT2D eigenvalue weighted by molar-refractivity contribution is -0.250. The summed E-state index contributed by atoms with van der Waals surface area (Å²) in [5.74, 6) is -9.88. The third-order valence-electron chi connectivity index (χ3n) is 7.20. The molecule has 50 heavy (non-hydrogen) atoms. The molecule has 4 aromatic rings. The molecule has 8 N–H and O–H groups in total. The van der Waals surface area contributed by atoms with Crippen molar-refractivity contribution in [3.05, 3.63) is 95.1 Å². The largest absolute Gasteiger partial charge is 0.504 e. The van der Waals surface area contributed by atoms with Crippen molar-refractivity contribution >= 4 is 23.9 Å². The second-order valence-corrected chi connectivity index (χ2v) is 10.6. The Morgan fingerprint density at radius 1 is 0.440 bits per heavy atom. The second kappa shape index (κ2) is 14.1. The summed E-state index contributed by atoms with van der Waals surface area (Å²) < 4.78 is 27.7. The number of benzene rings is 4. The Kier molecular flexibility index (Phi) is 9.70. The Labute approximate surface area is 279 Å². The Balaban J connectivity index is 1.53. The van der Waals surface area contributed by atoms with Gasteiger partial charge in [0, 0.05) is 0 Å². The number of hydrogen-bond donors (Lipinski definition) is 8. The van der Waals surface area contributed by atoms with Crippen molar-refractivity contribution in [2.24, 2.45) is 0 Å². The summed E-state index contributed by atoms with van der Waals surface area (Å²) in [5, 5.41) is 78.2. The van der Waals surface area contributed by atoms with E-state index in [9.17, 15) is 60.0 Å². The Morgan fingerprint density at radius 3 is 1.12 bits per heavy atom. The van der Waals surface area contributed by atoms with Crippen LogP contribution in [0.5, 0.6) is 46.0 Å². The SMILES string of the molecule is O=C(OC1OC[C@@H](OC(=O)c2ccc(O)c(O)c2)[C@H](OC(=O)c2ccc(O)c(O)c2)[C@H]1OC(=O)c1ccc(O)c(O)c1)c1ccc(O)c(O)c1. The molecule has 0 saturated carbocycles. The predicted molar refractivity (Wildman–Crippen MR) is 162 cm³/mol. The minimum absolute atomic E-state index is 0.289. The van der Waals surface area contributed by atoms with Crippen LogP contribution in [-0.4, -0.2) is 95.9 Å². The average Bonchev–Trinajstić information content (AvgIpc) is 3.08. The molecule has 17 nitrogen and oxygen atoms in total. The van der Waals surface area contributed by atoms with Gasteiger partial charge in [0.15, 0.2) is 58.2 Å². The molecule has 260 valence electrons. The minimum atomic E-state index is -1.98. The van der Waals surface area contributed by atoms with Gasteiger partial charge < -0.3 is 64.5 Å². The zero-order chi connectivity index (χ0) is 36.3. The molecule has 1 unspecified atom stereocenters. The lowest BCUT2D eigenvalue weighted by Crippen LogP contribution is -2.58. The van der Waals surface area contributed by atoms with E-state index < -0.39 is 101 Å². The van der Waals surface area contributed by atoms with E-state index in [-0.39, 0.29) is 22.3 Å². The molecular formula is C33H26O17. The Morgan fingerprint density at radius 2 is 0.760 bits per heavy atom. The van der Waals surface area contributed by atoms with Crippen molar-refractivity contribution in [2.75, 3.05) is 6.61 Å². The van der Waals surface area contributed by atoms with Crippen LogP contribution >= 0.6 is 0 Å². The average molecular weight is 695 g/mol. The summed E-state index contributed by atoms with van der Waals surface area (Å²) in [5.41, 5.74) is -1.31. The third-order valence-corrected chi connectivity index (χ3v) is 7.20. The normalized spacial score (nSPS) is 18.4. The molecule has 0 aliphatic carbocycles. The van der Waals surface area contributed by atoms with Crippen LogP contribution in [-0.2, 0) is 23.7 Å². The maximum absolute atomic E-state index is 13.3. The number of esters is 4. The zero-order valence-corrected chi connectivity index (χ0v) is 25.2. The first-order valence-electron chi connectivity index (χ1n) is 14.2. The fourth-order valence-electron chi connectivity index (χ4n) is 4.58. The number of hydrogen-bond acceptors (Lipinski definition) is 17. The Hall–Kier alpha value is -6.88. The summed E-state index contributed by atoms with van der Waals surface area (Å²) in [7, 11) is 0. The fraction of sp³-hybridized carbons (Fsp3) is 0.152. The third kappa shape index (κ3) is 7.47. The maximum atomic E-state index is 13.3. The summed E-state index contributed by atoms with van der Waals surface area (Å²) in [6.07, 6.45) is -7.47. The van der Waals surface area contributed by atoms with Crippen molar-refractivity contribution in [3.63, 3.8) is 0 Å². The standard InChI is InChI=1S/C33H26O17/c34-18-5-1-14(9-22(18)38)29(42)47-26-13-46-33(50-32(45)17-4-8-21(37)25(41)12-17)28(49-31(44)16-3-7-20(36)24(40)11-16)27(26)48-30(43)15-2-6-19(35)23(39)10-15/h1-12,26-28,33-41H,13H2/t26-,27+,28-,33?/m1/s1. The summed E-state index contributed by atoms with van der Waals surface area (Å²) >= 11 is 0. The van der Waals surface area contributed by atoms with Gasteiger partial charge >= 0.3 is 23.9 Å². The van der Waals surface area contributed by atoms with Gasteiger partial charge in [0.25, 0.3) is 0 Å². The van der Waals surface area contributed by atoms with E-state index >= 15 is 0 Å². The van der Waals surface area contributed by atoms with Crippen molar-refractivity contribution in [1.82, 2.24) is 0 Å². The number of phenolic OH excluding ortho intramolecular Hbond substituents is 8. The summed E-state index contributed by atoms with van der Waals surface area (Å²) in [4.78, 5) is 52.9. The van der Waals surface area contributed by atoms with Crippen LogP contribution in [0.4, 0.5) is 0 Å². The lowest BCUT2D eigenvalue weighted by atomic mass is 10.0. The molecule has 1 aliphatic rings. The van der Waals surface area contributed by atoms with Gasteiger partial charge in [-0.05, 0) is 72.8 Å². The number of carbonyl (C=O) groups is 4. The first-order chi connectivity index (χ1) is 23.7. The number of rotatable bonds is 8. The van der Waals surface area contributed by atoms with Gasteiger partial charge in [-0.15, -0.1) is 0 Å². The number of carbonyl (C=O) groups excluding carboxylic acids is 4. The van der Waals surface area contributed by atoms with E-state index in [0.29, 0.717) is 0 Å². The smallest absolute Gasteiger partial charge is 0.340 e. The molecule has 17 heteroatoms. The molecule has 1 fully saturated rings. The highest BCUT2D eigenvalue weighted by Gasteiger charge is 2.50. The van der Waals surface area contributed by atoms with Crippen molar-refractivity contribution < 1.29 is 83.7 Å². The molecule has 0 aromatic heterocycles. The van der Waals surface area contributed by atoms with Crippen LogP contribution in [0.3, 0.4) is 0 Å². The number of phenols is 8. The zero-order valence-electron chi connectivity index (χ0n) is 25.2. The summed E-state index contributed by atoms with van der Waals surface area (Å²) in [6, 6.07) is 11.6. The van der Waals surface area contributed by atoms with Crippen LogP contribution in [0.15, 0.2) is 72.8 Å². The van der Waals surface area contributed by atoms with Gasteiger partial charge in [0.2, 0.25) is 12.4 Å².